The van der Waals surface area contributed by atoms with E-state index in [0.717, 1.165) is 23.5 Å². The maximum atomic E-state index is 2.50. The van der Waals surface area contributed by atoms with Crippen LogP contribution in [0, 0.1) is 5.92 Å². The summed E-state index contributed by atoms with van der Waals surface area (Å²) in [6.07, 6.45) is 8.10. The quantitative estimate of drug-likeness (QED) is 0.149. The Bertz CT molecular complexity index is 3260. The molecule has 0 aliphatic heterocycles. The summed E-state index contributed by atoms with van der Waals surface area (Å²) in [5.41, 5.74) is 16.7. The predicted octanol–water partition coefficient (Wildman–Crippen LogP) is 16.5. The van der Waals surface area contributed by atoms with Crippen LogP contribution >= 0.6 is 0 Å². The normalized spacial score (nSPS) is 13.8. The van der Waals surface area contributed by atoms with Gasteiger partial charge in [-0.2, -0.15) is 0 Å². The number of allylic oxidation sites excluding steroid dienone is 4. The Hall–Kier alpha value is -7.68. The van der Waals surface area contributed by atoms with Gasteiger partial charge in [0.2, 0.25) is 0 Å². The van der Waals surface area contributed by atoms with E-state index in [1.54, 1.807) is 0 Å². The number of rotatable bonds is 8. The maximum Gasteiger partial charge on any atom is 0.0619 e. The predicted molar refractivity (Wildman–Crippen MR) is 261 cm³/mol. The lowest BCUT2D eigenvalue weighted by atomic mass is 9.94. The monoisotopic (exact) mass is 780 g/mol. The van der Waals surface area contributed by atoms with Gasteiger partial charge in [-0.05, 0) is 111 Å². The van der Waals surface area contributed by atoms with Gasteiger partial charge >= 0.3 is 0 Å². The van der Waals surface area contributed by atoms with Crippen molar-refractivity contribution in [3.63, 3.8) is 0 Å². The van der Waals surface area contributed by atoms with Crippen LogP contribution in [0.2, 0.25) is 0 Å². The molecule has 2 heteroatoms. The zero-order valence-electron chi connectivity index (χ0n) is 34.1. The second-order valence-electron chi connectivity index (χ2n) is 16.2. The Morgan fingerprint density at radius 3 is 1.72 bits per heavy atom. The Morgan fingerprint density at radius 2 is 1.02 bits per heavy atom. The van der Waals surface area contributed by atoms with Gasteiger partial charge in [0.15, 0.2) is 0 Å². The average Bonchev–Trinajstić information content (AvgIpc) is 3.68. The van der Waals surface area contributed by atoms with Crippen molar-refractivity contribution in [3.8, 4) is 44.5 Å². The molecule has 0 fully saturated rings. The molecule has 1 aliphatic carbocycles. The molecule has 0 radical (unpaired) electrons. The van der Waals surface area contributed by atoms with Gasteiger partial charge in [-0.25, -0.2) is 0 Å². The Labute approximate surface area is 357 Å². The van der Waals surface area contributed by atoms with Crippen molar-refractivity contribution in [3.05, 3.63) is 231 Å². The van der Waals surface area contributed by atoms with E-state index in [9.17, 15) is 0 Å². The summed E-state index contributed by atoms with van der Waals surface area (Å²) < 4.78 is 2.50. The van der Waals surface area contributed by atoms with Crippen molar-refractivity contribution < 1.29 is 0 Å². The number of nitrogens with zero attached hydrogens (tertiary/aromatic N) is 2. The first-order valence-electron chi connectivity index (χ1n) is 21.3. The van der Waals surface area contributed by atoms with Crippen molar-refractivity contribution in [1.29, 1.82) is 0 Å². The third-order valence-electron chi connectivity index (χ3n) is 12.3. The summed E-state index contributed by atoms with van der Waals surface area (Å²) in [4.78, 5) is 2.39. The van der Waals surface area contributed by atoms with Gasteiger partial charge in [0.25, 0.3) is 0 Å². The van der Waals surface area contributed by atoms with Crippen molar-refractivity contribution in [2.75, 3.05) is 4.90 Å². The van der Waals surface area contributed by atoms with Crippen LogP contribution < -0.4 is 4.90 Å². The highest BCUT2D eigenvalue weighted by atomic mass is 15.1. The van der Waals surface area contributed by atoms with Crippen LogP contribution in [0.4, 0.5) is 17.1 Å². The number of benzene rings is 9. The van der Waals surface area contributed by atoms with Gasteiger partial charge in [0.1, 0.15) is 0 Å². The second-order valence-corrected chi connectivity index (χ2v) is 16.2. The highest BCUT2D eigenvalue weighted by Crippen LogP contribution is 2.44. The Balaban J connectivity index is 1.07. The molecule has 1 unspecified atom stereocenters. The first-order chi connectivity index (χ1) is 30.2. The summed E-state index contributed by atoms with van der Waals surface area (Å²) in [5, 5.41) is 5.06. The van der Waals surface area contributed by atoms with Crippen LogP contribution in [-0.2, 0) is 0 Å². The molecule has 0 bridgehead atoms. The molecule has 1 heterocycles. The van der Waals surface area contributed by atoms with Crippen LogP contribution in [0.25, 0.3) is 82.8 Å². The third-order valence-corrected chi connectivity index (χ3v) is 12.3. The van der Waals surface area contributed by atoms with E-state index in [4.69, 9.17) is 0 Å². The molecule has 0 saturated heterocycles. The smallest absolute Gasteiger partial charge is 0.0619 e. The number of anilines is 3. The molecular formula is C59H44N2. The zero-order valence-corrected chi connectivity index (χ0v) is 34.1. The molecule has 2 nitrogen and oxygen atoms in total. The van der Waals surface area contributed by atoms with E-state index in [1.165, 1.54) is 82.8 Å². The van der Waals surface area contributed by atoms with Crippen molar-refractivity contribution in [2.45, 2.75) is 13.3 Å². The van der Waals surface area contributed by atoms with Gasteiger partial charge in [0, 0.05) is 38.9 Å². The summed E-state index contributed by atoms with van der Waals surface area (Å²) in [5.74, 6) is 0.533. The zero-order chi connectivity index (χ0) is 40.7. The average molecular weight is 781 g/mol. The van der Waals surface area contributed by atoms with Crippen molar-refractivity contribution in [1.82, 2.24) is 4.57 Å². The minimum Gasteiger partial charge on any atom is -0.310 e. The van der Waals surface area contributed by atoms with Gasteiger partial charge in [0.05, 0.1) is 11.0 Å². The fraction of sp³-hybridized carbons (Fsp3) is 0.0508. The SMILES string of the molecule is CC1C=CC(n2c3cccc(-c4cccc(N(c5ccc(-c6ccccc6)cc5)c5ccc(-c6ccccc6-c6ccccc6)cc5)c4)c3c3ccc4ccccc4c32)=CC1. The van der Waals surface area contributed by atoms with Crippen molar-refractivity contribution >= 4 is 55.3 Å². The van der Waals surface area contributed by atoms with E-state index in [0.29, 0.717) is 5.92 Å². The second kappa shape index (κ2) is 15.5. The number of fused-ring (bicyclic) bond motifs is 5. The standard InChI is InChI=1S/C59H44N2/c1-41-26-33-50(34-27-41)61-57-25-13-24-54(58(57)56-39-32-45-18-8-9-23-55(45)59(56)61)47-19-12-20-51(40-47)60(48-35-28-43(29-36-48)42-14-4-2-5-15-42)49-37-30-46(31-38-49)53-22-11-10-21-52(53)44-16-6-3-7-17-44/h2-26,28-41H,27H2,1H3. The maximum absolute atomic E-state index is 2.50. The topological polar surface area (TPSA) is 8.17 Å². The fourth-order valence-corrected chi connectivity index (χ4v) is 9.31. The largest absolute Gasteiger partial charge is 0.310 e. The fourth-order valence-electron chi connectivity index (χ4n) is 9.31. The lowest BCUT2D eigenvalue weighted by Crippen LogP contribution is -2.10. The van der Waals surface area contributed by atoms with Gasteiger partial charge < -0.3 is 9.47 Å². The minimum absolute atomic E-state index is 0.533. The van der Waals surface area contributed by atoms with Crippen LogP contribution in [0.1, 0.15) is 13.3 Å². The Kier molecular flexibility index (Phi) is 9.24. The molecule has 0 saturated carbocycles. The third kappa shape index (κ3) is 6.63. The van der Waals surface area contributed by atoms with E-state index in [-0.39, 0.29) is 0 Å². The highest BCUT2D eigenvalue weighted by Gasteiger charge is 2.21. The van der Waals surface area contributed by atoms with Crippen molar-refractivity contribution in [2.24, 2.45) is 5.92 Å². The first-order valence-corrected chi connectivity index (χ1v) is 21.3. The summed E-state index contributed by atoms with van der Waals surface area (Å²) in [7, 11) is 0. The highest BCUT2D eigenvalue weighted by molar-refractivity contribution is 6.23. The van der Waals surface area contributed by atoms with Gasteiger partial charge in [-0.3, -0.25) is 0 Å². The molecular weight excluding hydrogens is 737 g/mol. The molecule has 1 aliphatic rings. The van der Waals surface area contributed by atoms with Crippen LogP contribution in [0.15, 0.2) is 231 Å². The molecule has 9 aromatic carbocycles. The molecule has 1 aromatic heterocycles. The molecule has 11 rings (SSSR count). The number of hydrogen-bond acceptors (Lipinski definition) is 1. The first kappa shape index (κ1) is 36.4. The van der Waals surface area contributed by atoms with E-state index in [1.807, 2.05) is 0 Å². The molecule has 61 heavy (non-hydrogen) atoms. The van der Waals surface area contributed by atoms with Gasteiger partial charge in [-0.15, -0.1) is 0 Å². The van der Waals surface area contributed by atoms with Crippen LogP contribution in [0.5, 0.6) is 0 Å². The lowest BCUT2D eigenvalue weighted by Gasteiger charge is -2.26. The number of aromatic nitrogens is 1. The van der Waals surface area contributed by atoms with Crippen LogP contribution in [-0.4, -0.2) is 4.57 Å². The van der Waals surface area contributed by atoms with E-state index >= 15 is 0 Å². The lowest BCUT2D eigenvalue weighted by molar-refractivity contribution is 0.735. The number of hydrogen-bond donors (Lipinski definition) is 0. The molecule has 0 N–H and O–H groups in total. The van der Waals surface area contributed by atoms with E-state index in [2.05, 4.69) is 247 Å². The van der Waals surface area contributed by atoms with Gasteiger partial charge in [-0.1, -0.05) is 189 Å². The molecule has 10 aromatic rings. The molecule has 290 valence electrons. The molecule has 0 amide bonds. The Morgan fingerprint density at radius 1 is 0.443 bits per heavy atom. The summed E-state index contributed by atoms with van der Waals surface area (Å²) >= 11 is 0. The van der Waals surface area contributed by atoms with Crippen LogP contribution in [0.3, 0.4) is 0 Å². The minimum atomic E-state index is 0.533. The summed E-state index contributed by atoms with van der Waals surface area (Å²) in [6.45, 7) is 2.29. The van der Waals surface area contributed by atoms with E-state index < -0.39 is 0 Å². The molecule has 0 spiro atoms. The molecule has 1 atom stereocenters. The summed E-state index contributed by atoms with van der Waals surface area (Å²) in [6, 6.07) is 77.3.